The van der Waals surface area contributed by atoms with E-state index in [1.807, 2.05) is 20.8 Å². The van der Waals surface area contributed by atoms with Crippen LogP contribution in [0.25, 0.3) is 0 Å². The predicted octanol–water partition coefficient (Wildman–Crippen LogP) is 5.70. The van der Waals surface area contributed by atoms with E-state index in [4.69, 9.17) is 4.40 Å². The quantitative estimate of drug-likeness (QED) is 0.584. The van der Waals surface area contributed by atoms with E-state index in [0.717, 1.165) is 35.4 Å². The van der Waals surface area contributed by atoms with Crippen molar-refractivity contribution in [2.45, 2.75) is 65.0 Å². The highest BCUT2D eigenvalue weighted by atomic mass is 79.9. The highest BCUT2D eigenvalue weighted by Crippen LogP contribution is 2.51. The molecule has 1 aromatic carbocycles. The van der Waals surface area contributed by atoms with Gasteiger partial charge < -0.3 is 0 Å². The summed E-state index contributed by atoms with van der Waals surface area (Å²) in [6, 6.07) is 6.50. The average Bonchev–Trinajstić information content (AvgIpc) is 2.76. The molecule has 0 radical (unpaired) electrons. The third-order valence-corrected chi connectivity index (χ3v) is 7.71. The van der Waals surface area contributed by atoms with Gasteiger partial charge in [-0.25, -0.2) is 4.21 Å². The van der Waals surface area contributed by atoms with Crippen LogP contribution in [-0.2, 0) is 17.4 Å². The van der Waals surface area contributed by atoms with Crippen LogP contribution >= 0.6 is 15.9 Å². The van der Waals surface area contributed by atoms with Gasteiger partial charge >= 0.3 is 0 Å². The molecule has 0 amide bonds. The Morgan fingerprint density at radius 3 is 2.58 bits per heavy atom. The van der Waals surface area contributed by atoms with Gasteiger partial charge in [-0.2, -0.15) is 4.40 Å². The third-order valence-electron chi connectivity index (χ3n) is 5.82. The molecule has 2 nitrogen and oxygen atoms in total. The first-order valence-corrected chi connectivity index (χ1v) is 10.8. The summed E-state index contributed by atoms with van der Waals surface area (Å²) in [5.41, 5.74) is 3.76. The minimum absolute atomic E-state index is 0.0793. The summed E-state index contributed by atoms with van der Waals surface area (Å²) in [6.07, 6.45) is 4.59. The van der Waals surface area contributed by atoms with E-state index in [1.165, 1.54) is 17.5 Å². The average molecular weight is 410 g/mol. The highest BCUT2D eigenvalue weighted by Gasteiger charge is 2.47. The van der Waals surface area contributed by atoms with E-state index in [1.54, 1.807) is 0 Å². The summed E-state index contributed by atoms with van der Waals surface area (Å²) in [6.45, 7) is 10.7. The van der Waals surface area contributed by atoms with Crippen LogP contribution in [0.15, 0.2) is 27.1 Å². The molecule has 0 bridgehead atoms. The molecule has 0 heterocycles. The predicted molar refractivity (Wildman–Crippen MR) is 107 cm³/mol. The first-order chi connectivity index (χ1) is 11.1. The van der Waals surface area contributed by atoms with Crippen LogP contribution in [-0.4, -0.2) is 14.7 Å². The van der Waals surface area contributed by atoms with Gasteiger partial charge in [0.1, 0.15) is 11.0 Å². The van der Waals surface area contributed by atoms with Crippen molar-refractivity contribution in [3.05, 3.63) is 33.8 Å². The topological polar surface area (TPSA) is 29.4 Å². The van der Waals surface area contributed by atoms with Gasteiger partial charge in [0, 0.05) is 15.5 Å². The van der Waals surface area contributed by atoms with Crippen molar-refractivity contribution in [3.63, 3.8) is 0 Å². The number of fused-ring (bicyclic) bond motifs is 1. The van der Waals surface area contributed by atoms with Crippen LogP contribution in [0, 0.1) is 17.3 Å². The summed E-state index contributed by atoms with van der Waals surface area (Å²) < 4.78 is 18.4. The van der Waals surface area contributed by atoms with Crippen molar-refractivity contribution in [1.29, 1.82) is 0 Å². The van der Waals surface area contributed by atoms with Crippen LogP contribution in [0.2, 0.25) is 0 Å². The molecule has 1 saturated carbocycles. The zero-order valence-corrected chi connectivity index (χ0v) is 17.8. The van der Waals surface area contributed by atoms with Gasteiger partial charge in [-0.3, -0.25) is 0 Å². The Morgan fingerprint density at radius 2 is 1.96 bits per heavy atom. The van der Waals surface area contributed by atoms with Crippen molar-refractivity contribution in [1.82, 2.24) is 0 Å². The molecule has 0 unspecified atom stereocenters. The molecule has 4 heteroatoms. The number of benzene rings is 1. The molecule has 2 aliphatic rings. The lowest BCUT2D eigenvalue weighted by molar-refractivity contribution is 0.169. The Morgan fingerprint density at radius 1 is 1.25 bits per heavy atom. The molecule has 0 aromatic heterocycles. The summed E-state index contributed by atoms with van der Waals surface area (Å²) >= 11 is 3.60. The van der Waals surface area contributed by atoms with Crippen LogP contribution < -0.4 is 0 Å². The standard InChI is InChI=1S/C20H28BrNOS/c1-13-8-9-20(11-14(13)2)12-15-6-7-16(21)10-17(15)18(20)22-24(23)19(3,4)5/h6-7,10,13-14H,8-9,11-12H2,1-5H3/t13-,14-,20-,24+/m1/s1. The molecule has 3 rings (SSSR count). The van der Waals surface area contributed by atoms with Gasteiger partial charge in [0.15, 0.2) is 0 Å². The Balaban J connectivity index is 2.10. The lowest BCUT2D eigenvalue weighted by Gasteiger charge is -2.40. The number of halogens is 1. The van der Waals surface area contributed by atoms with Crippen LogP contribution in [0.5, 0.6) is 0 Å². The first-order valence-electron chi connectivity index (χ1n) is 8.92. The van der Waals surface area contributed by atoms with Gasteiger partial charge in [0.25, 0.3) is 0 Å². The molecule has 0 aliphatic heterocycles. The minimum atomic E-state index is -1.22. The van der Waals surface area contributed by atoms with Crippen molar-refractivity contribution in [2.24, 2.45) is 21.6 Å². The second-order valence-electron chi connectivity index (χ2n) is 8.76. The van der Waals surface area contributed by atoms with Gasteiger partial charge in [-0.15, -0.1) is 0 Å². The maximum atomic E-state index is 12.8. The van der Waals surface area contributed by atoms with E-state index >= 15 is 0 Å². The summed E-state index contributed by atoms with van der Waals surface area (Å²) in [5.74, 6) is 1.45. The van der Waals surface area contributed by atoms with Crippen molar-refractivity contribution in [2.75, 3.05) is 0 Å². The second-order valence-corrected chi connectivity index (χ2v) is 11.6. The molecule has 1 spiro atoms. The first kappa shape index (κ1) is 18.3. The van der Waals surface area contributed by atoms with Crippen LogP contribution in [0.3, 0.4) is 0 Å². The number of rotatable bonds is 1. The third kappa shape index (κ3) is 3.29. The van der Waals surface area contributed by atoms with Gasteiger partial charge in [-0.1, -0.05) is 35.8 Å². The van der Waals surface area contributed by atoms with E-state index in [-0.39, 0.29) is 10.2 Å². The Kier molecular flexibility index (Phi) is 4.85. The molecule has 24 heavy (non-hydrogen) atoms. The van der Waals surface area contributed by atoms with Crippen LogP contribution in [0.1, 0.15) is 65.0 Å². The number of hydrogen-bond donors (Lipinski definition) is 0. The van der Waals surface area contributed by atoms with Crippen molar-refractivity contribution in [3.8, 4) is 0 Å². The maximum absolute atomic E-state index is 12.8. The smallest absolute Gasteiger partial charge is 0.145 e. The van der Waals surface area contributed by atoms with Crippen molar-refractivity contribution >= 4 is 32.6 Å². The summed E-state index contributed by atoms with van der Waals surface area (Å²) in [4.78, 5) is 0. The maximum Gasteiger partial charge on any atom is 0.145 e. The molecule has 2 aliphatic carbocycles. The highest BCUT2D eigenvalue weighted by molar-refractivity contribution is 9.10. The lowest BCUT2D eigenvalue weighted by atomic mass is 9.64. The van der Waals surface area contributed by atoms with E-state index in [9.17, 15) is 4.21 Å². The molecule has 132 valence electrons. The largest absolute Gasteiger partial charge is 0.234 e. The summed E-state index contributed by atoms with van der Waals surface area (Å²) in [7, 11) is -1.22. The van der Waals surface area contributed by atoms with Gasteiger partial charge in [-0.05, 0) is 76.0 Å². The zero-order chi connectivity index (χ0) is 17.7. The Bertz CT molecular complexity index is 706. The lowest BCUT2D eigenvalue weighted by Crippen LogP contribution is -2.37. The molecule has 0 saturated heterocycles. The fraction of sp³-hybridized carbons (Fsp3) is 0.650. The molecule has 1 fully saturated rings. The fourth-order valence-electron chi connectivity index (χ4n) is 4.11. The number of hydrogen-bond acceptors (Lipinski definition) is 1. The zero-order valence-electron chi connectivity index (χ0n) is 15.4. The van der Waals surface area contributed by atoms with E-state index in [0.29, 0.717) is 5.92 Å². The molecule has 1 aromatic rings. The van der Waals surface area contributed by atoms with Crippen LogP contribution in [0.4, 0.5) is 0 Å². The van der Waals surface area contributed by atoms with E-state index in [2.05, 4.69) is 48.0 Å². The van der Waals surface area contributed by atoms with Gasteiger partial charge in [0.2, 0.25) is 0 Å². The van der Waals surface area contributed by atoms with Crippen molar-refractivity contribution < 1.29 is 4.21 Å². The Labute approximate surface area is 157 Å². The van der Waals surface area contributed by atoms with E-state index < -0.39 is 11.0 Å². The number of nitrogens with zero attached hydrogens (tertiary/aromatic N) is 1. The Hall–Kier alpha value is -0.480. The second kappa shape index (κ2) is 6.35. The molecule has 4 atom stereocenters. The SMILES string of the molecule is C[C@@H]1CC[C@]2(Cc3ccc(Br)cc3C2=N[S@@](=O)C(C)(C)C)C[C@H]1C. The molecule has 0 N–H and O–H groups in total. The van der Waals surface area contributed by atoms with Gasteiger partial charge in [0.05, 0.1) is 10.5 Å². The molecular weight excluding hydrogens is 382 g/mol. The monoisotopic (exact) mass is 409 g/mol. The normalized spacial score (nSPS) is 33.0. The fourth-order valence-corrected chi connectivity index (χ4v) is 5.20. The molecular formula is C20H28BrNOS. The minimum Gasteiger partial charge on any atom is -0.234 e. The summed E-state index contributed by atoms with van der Waals surface area (Å²) in [5, 5.41) is 0.